The van der Waals surface area contributed by atoms with Crippen LogP contribution in [0.25, 0.3) is 0 Å². The Morgan fingerprint density at radius 3 is 2.30 bits per heavy atom. The number of aryl methyl sites for hydroxylation is 2. The molecule has 0 saturated heterocycles. The van der Waals surface area contributed by atoms with Gasteiger partial charge < -0.3 is 16.0 Å². The zero-order chi connectivity index (χ0) is 22.3. The number of carbonyl (C=O) groups is 3. The average molecular weight is 474 g/mol. The molecule has 3 N–H and O–H groups in total. The second-order valence-electron chi connectivity index (χ2n) is 7.61. The number of hydrogen-bond donors (Lipinski definition) is 3. The summed E-state index contributed by atoms with van der Waals surface area (Å²) in [5.74, 6) is -0.901. The average Bonchev–Trinajstić information content (AvgIpc) is 2.68. The first-order chi connectivity index (χ1) is 14.2. The Labute approximate surface area is 186 Å². The lowest BCUT2D eigenvalue weighted by atomic mass is 10.0. The zero-order valence-corrected chi connectivity index (χ0v) is 19.3. The molecule has 0 aliphatic carbocycles. The fraction of sp³-hybridized carbons (Fsp3) is 0.348. The summed E-state index contributed by atoms with van der Waals surface area (Å²) in [5.41, 5.74) is 3.24. The maximum absolute atomic E-state index is 12.6. The fourth-order valence-corrected chi connectivity index (χ4v) is 3.18. The lowest BCUT2D eigenvalue weighted by Gasteiger charge is -2.22. The second kappa shape index (κ2) is 10.9. The van der Waals surface area contributed by atoms with Gasteiger partial charge in [0.05, 0.1) is 0 Å². The van der Waals surface area contributed by atoms with Crippen molar-refractivity contribution >= 4 is 39.3 Å². The fourth-order valence-electron chi connectivity index (χ4n) is 2.82. The Bertz CT molecular complexity index is 910. The summed E-state index contributed by atoms with van der Waals surface area (Å²) in [6, 6.07) is 12.1. The predicted molar refractivity (Wildman–Crippen MR) is 122 cm³/mol. The molecule has 0 aromatic heterocycles. The van der Waals surface area contributed by atoms with Crippen molar-refractivity contribution in [3.05, 3.63) is 63.6 Å². The van der Waals surface area contributed by atoms with E-state index in [1.54, 1.807) is 12.1 Å². The third-order valence-electron chi connectivity index (χ3n) is 4.67. The van der Waals surface area contributed by atoms with Gasteiger partial charge in [0.2, 0.25) is 11.8 Å². The Kier molecular flexibility index (Phi) is 8.59. The molecule has 0 saturated carbocycles. The Hall–Kier alpha value is -2.67. The molecule has 7 heteroatoms. The standard InChI is InChI=1S/C23H28BrN3O3/c1-14(2)21(27-22(29)17-8-5-15(3)6-9-17)23(30)25-12-11-20(28)26-19-13-18(24)10-7-16(19)4/h5-10,13-14,21H,11-12H2,1-4H3,(H,25,30)(H,26,28)(H,27,29). The van der Waals surface area contributed by atoms with Gasteiger partial charge in [-0.2, -0.15) is 0 Å². The van der Waals surface area contributed by atoms with Gasteiger partial charge in [0.15, 0.2) is 0 Å². The molecule has 3 amide bonds. The lowest BCUT2D eigenvalue weighted by Crippen LogP contribution is -2.50. The predicted octanol–water partition coefficient (Wildman–Crippen LogP) is 3.97. The third kappa shape index (κ3) is 6.99. The van der Waals surface area contributed by atoms with E-state index in [-0.39, 0.29) is 36.6 Å². The molecule has 0 bridgehead atoms. The van der Waals surface area contributed by atoms with E-state index in [9.17, 15) is 14.4 Å². The van der Waals surface area contributed by atoms with Crippen LogP contribution in [0, 0.1) is 19.8 Å². The van der Waals surface area contributed by atoms with E-state index < -0.39 is 6.04 Å². The summed E-state index contributed by atoms with van der Waals surface area (Å²) in [6.45, 7) is 7.76. The van der Waals surface area contributed by atoms with Crippen molar-refractivity contribution in [2.24, 2.45) is 5.92 Å². The molecule has 2 rings (SSSR count). The van der Waals surface area contributed by atoms with E-state index in [0.29, 0.717) is 5.56 Å². The molecular weight excluding hydrogens is 446 g/mol. The second-order valence-corrected chi connectivity index (χ2v) is 8.53. The smallest absolute Gasteiger partial charge is 0.251 e. The lowest BCUT2D eigenvalue weighted by molar-refractivity contribution is -0.124. The summed E-state index contributed by atoms with van der Waals surface area (Å²) >= 11 is 3.38. The maximum atomic E-state index is 12.6. The van der Waals surface area contributed by atoms with Gasteiger partial charge in [-0.15, -0.1) is 0 Å². The summed E-state index contributed by atoms with van der Waals surface area (Å²) in [6.07, 6.45) is 0.133. The Morgan fingerprint density at radius 1 is 1.00 bits per heavy atom. The SMILES string of the molecule is Cc1ccc(C(=O)NC(C(=O)NCCC(=O)Nc2cc(Br)ccc2C)C(C)C)cc1. The van der Waals surface area contributed by atoms with Crippen LogP contribution in [0.3, 0.4) is 0 Å². The molecule has 1 unspecified atom stereocenters. The minimum atomic E-state index is -0.686. The topological polar surface area (TPSA) is 87.3 Å². The number of nitrogens with one attached hydrogen (secondary N) is 3. The van der Waals surface area contributed by atoms with Crippen LogP contribution >= 0.6 is 15.9 Å². The number of carbonyl (C=O) groups excluding carboxylic acids is 3. The maximum Gasteiger partial charge on any atom is 0.251 e. The van der Waals surface area contributed by atoms with Crippen molar-refractivity contribution in [1.29, 1.82) is 0 Å². The molecule has 0 spiro atoms. The molecule has 6 nitrogen and oxygen atoms in total. The largest absolute Gasteiger partial charge is 0.354 e. The number of halogens is 1. The number of rotatable bonds is 8. The molecule has 160 valence electrons. The van der Waals surface area contributed by atoms with Crippen molar-refractivity contribution in [3.63, 3.8) is 0 Å². The van der Waals surface area contributed by atoms with Gasteiger partial charge in [-0.3, -0.25) is 14.4 Å². The molecular formula is C23H28BrN3O3. The molecule has 0 heterocycles. The van der Waals surface area contributed by atoms with Crippen LogP contribution in [-0.2, 0) is 9.59 Å². The molecule has 2 aromatic rings. The van der Waals surface area contributed by atoms with Gasteiger partial charge in [-0.05, 0) is 49.6 Å². The molecule has 0 aliphatic heterocycles. The number of hydrogen-bond acceptors (Lipinski definition) is 3. The van der Waals surface area contributed by atoms with Crippen LogP contribution in [0.1, 0.15) is 41.8 Å². The summed E-state index contributed by atoms with van der Waals surface area (Å²) < 4.78 is 0.876. The number of amides is 3. The summed E-state index contributed by atoms with van der Waals surface area (Å²) in [7, 11) is 0. The van der Waals surface area contributed by atoms with Gasteiger partial charge in [-0.25, -0.2) is 0 Å². The highest BCUT2D eigenvalue weighted by molar-refractivity contribution is 9.10. The van der Waals surface area contributed by atoms with Crippen LogP contribution in [0.2, 0.25) is 0 Å². The highest BCUT2D eigenvalue weighted by Gasteiger charge is 2.24. The van der Waals surface area contributed by atoms with Gasteiger partial charge in [0.1, 0.15) is 6.04 Å². The van der Waals surface area contributed by atoms with Crippen molar-refractivity contribution in [2.75, 3.05) is 11.9 Å². The first-order valence-electron chi connectivity index (χ1n) is 9.88. The Morgan fingerprint density at radius 2 is 1.67 bits per heavy atom. The number of anilines is 1. The summed E-state index contributed by atoms with van der Waals surface area (Å²) in [5, 5.41) is 8.38. The molecule has 0 radical (unpaired) electrons. The molecule has 30 heavy (non-hydrogen) atoms. The summed E-state index contributed by atoms with van der Waals surface area (Å²) in [4.78, 5) is 37.2. The van der Waals surface area contributed by atoms with Crippen LogP contribution in [0.5, 0.6) is 0 Å². The molecule has 0 aliphatic rings. The first kappa shape index (κ1) is 23.6. The van der Waals surface area contributed by atoms with E-state index in [0.717, 1.165) is 21.3 Å². The van der Waals surface area contributed by atoms with E-state index in [1.165, 1.54) is 0 Å². The molecule has 0 fully saturated rings. The van der Waals surface area contributed by atoms with E-state index in [2.05, 4.69) is 31.9 Å². The normalized spacial score (nSPS) is 11.7. The van der Waals surface area contributed by atoms with E-state index >= 15 is 0 Å². The van der Waals surface area contributed by atoms with E-state index in [1.807, 2.05) is 58.0 Å². The monoisotopic (exact) mass is 473 g/mol. The highest BCUT2D eigenvalue weighted by atomic mass is 79.9. The molecule has 2 aromatic carbocycles. The van der Waals surface area contributed by atoms with Gasteiger partial charge in [0.25, 0.3) is 5.91 Å². The molecule has 1 atom stereocenters. The van der Waals surface area contributed by atoms with Gasteiger partial charge >= 0.3 is 0 Å². The van der Waals surface area contributed by atoms with Crippen LogP contribution in [0.4, 0.5) is 5.69 Å². The van der Waals surface area contributed by atoms with Crippen LogP contribution in [0.15, 0.2) is 46.9 Å². The van der Waals surface area contributed by atoms with Gasteiger partial charge in [-0.1, -0.05) is 53.5 Å². The van der Waals surface area contributed by atoms with Crippen molar-refractivity contribution < 1.29 is 14.4 Å². The van der Waals surface area contributed by atoms with Crippen molar-refractivity contribution in [2.45, 2.75) is 40.2 Å². The zero-order valence-electron chi connectivity index (χ0n) is 17.7. The first-order valence-corrected chi connectivity index (χ1v) is 10.7. The quantitative estimate of drug-likeness (QED) is 0.541. The van der Waals surface area contributed by atoms with Crippen molar-refractivity contribution in [1.82, 2.24) is 10.6 Å². The minimum absolute atomic E-state index is 0.0995. The minimum Gasteiger partial charge on any atom is -0.354 e. The number of benzene rings is 2. The Balaban J connectivity index is 1.87. The van der Waals surface area contributed by atoms with Crippen LogP contribution < -0.4 is 16.0 Å². The van der Waals surface area contributed by atoms with Crippen molar-refractivity contribution in [3.8, 4) is 0 Å². The van der Waals surface area contributed by atoms with E-state index in [4.69, 9.17) is 0 Å². The van der Waals surface area contributed by atoms with Gasteiger partial charge in [0, 0.05) is 28.7 Å². The van der Waals surface area contributed by atoms with Crippen LogP contribution in [-0.4, -0.2) is 30.3 Å². The third-order valence-corrected chi connectivity index (χ3v) is 5.17. The highest BCUT2D eigenvalue weighted by Crippen LogP contribution is 2.20.